The predicted octanol–water partition coefficient (Wildman–Crippen LogP) is 2.49. The Morgan fingerprint density at radius 2 is 1.91 bits per heavy atom. The van der Waals surface area contributed by atoms with E-state index in [4.69, 9.17) is 4.74 Å². The summed E-state index contributed by atoms with van der Waals surface area (Å²) in [4.78, 5) is 4.45. The van der Waals surface area contributed by atoms with Crippen LogP contribution in [0.2, 0.25) is 0 Å². The van der Waals surface area contributed by atoms with E-state index in [1.165, 1.54) is 30.0 Å². The Morgan fingerprint density at radius 3 is 2.56 bits per heavy atom. The van der Waals surface area contributed by atoms with Gasteiger partial charge in [-0.05, 0) is 65.0 Å². The van der Waals surface area contributed by atoms with E-state index < -0.39 is 16.1 Å². The van der Waals surface area contributed by atoms with Crippen molar-refractivity contribution in [3.05, 3.63) is 23.8 Å². The summed E-state index contributed by atoms with van der Waals surface area (Å²) in [5.41, 5.74) is 0.726. The molecule has 1 fully saturated rings. The smallest absolute Gasteiger partial charge is 0.247 e. The summed E-state index contributed by atoms with van der Waals surface area (Å²) in [7, 11) is 2.21. The van der Waals surface area contributed by atoms with E-state index in [1.54, 1.807) is 25.1 Å². The van der Waals surface area contributed by atoms with Crippen LogP contribution >= 0.6 is 0 Å². The lowest BCUT2D eigenvalue weighted by Gasteiger charge is -2.38. The molecule has 1 heterocycles. The molecule has 1 aliphatic heterocycles. The van der Waals surface area contributed by atoms with Gasteiger partial charge < -0.3 is 14.7 Å². The van der Waals surface area contributed by atoms with Crippen LogP contribution in [0.3, 0.4) is 0 Å². The highest BCUT2D eigenvalue weighted by Gasteiger charge is 2.38. The van der Waals surface area contributed by atoms with Crippen LogP contribution in [0.25, 0.3) is 0 Å². The molecule has 34 heavy (non-hydrogen) atoms. The van der Waals surface area contributed by atoms with Crippen LogP contribution in [0.5, 0.6) is 5.75 Å². The van der Waals surface area contributed by atoms with E-state index in [0.717, 1.165) is 24.6 Å². The number of sulfonamides is 1. The highest BCUT2D eigenvalue weighted by molar-refractivity contribution is 7.89. The van der Waals surface area contributed by atoms with Crippen LogP contribution in [0.1, 0.15) is 45.1 Å². The molecule has 0 amide bonds. The Bertz CT molecular complexity index is 979. The molecule has 8 heteroatoms. The van der Waals surface area contributed by atoms with E-state index in [2.05, 4.69) is 23.8 Å². The lowest BCUT2D eigenvalue weighted by Crippen LogP contribution is -2.49. The van der Waals surface area contributed by atoms with Gasteiger partial charge in [0, 0.05) is 37.2 Å². The standard InChI is InChI=1S/C26H41N3O4S/c1-20-16-29(21(2)19-30)34(31,32)26-13-12-22(11-8-14-27(3)4)15-24(26)33-25(20)18-28(5)17-23-9-6-7-10-23/h12-13,15,20-21,23,25,30H,6-7,9-10,14,16-19H2,1-5H3/t20-,21-,25+/m1/s1. The number of benzene rings is 1. The molecular weight excluding hydrogens is 450 g/mol. The number of likely N-dealkylation sites (N-methyl/N-ethyl adjacent to an activating group) is 1. The van der Waals surface area contributed by atoms with Gasteiger partial charge in [-0.25, -0.2) is 8.42 Å². The fourth-order valence-corrected chi connectivity index (χ4v) is 6.66. The molecule has 0 unspecified atom stereocenters. The summed E-state index contributed by atoms with van der Waals surface area (Å²) < 4.78 is 35.0. The molecule has 1 saturated carbocycles. The minimum Gasteiger partial charge on any atom is -0.487 e. The van der Waals surface area contributed by atoms with E-state index in [9.17, 15) is 13.5 Å². The van der Waals surface area contributed by atoms with Crippen molar-refractivity contribution in [2.75, 3.05) is 53.9 Å². The molecule has 0 radical (unpaired) electrons. The third kappa shape index (κ3) is 6.73. The van der Waals surface area contributed by atoms with Crippen LogP contribution < -0.4 is 4.74 Å². The molecule has 1 aliphatic carbocycles. The van der Waals surface area contributed by atoms with Crippen molar-refractivity contribution in [2.45, 2.75) is 56.6 Å². The Hall–Kier alpha value is -1.63. The number of rotatable bonds is 7. The maximum Gasteiger partial charge on any atom is 0.247 e. The summed E-state index contributed by atoms with van der Waals surface area (Å²) in [5.74, 6) is 7.25. The normalized spacial score (nSPS) is 24.1. The highest BCUT2D eigenvalue weighted by atomic mass is 32.2. The van der Waals surface area contributed by atoms with E-state index in [-0.39, 0.29) is 23.5 Å². The second kappa shape index (κ2) is 11.9. The van der Waals surface area contributed by atoms with Gasteiger partial charge in [-0.2, -0.15) is 4.31 Å². The SMILES string of the molecule is C[C@@H]1CN([C@H](C)CO)S(=O)(=O)c2ccc(C#CCN(C)C)cc2O[C@H]1CN(C)CC1CCCC1. The molecule has 3 rings (SSSR count). The van der Waals surface area contributed by atoms with Gasteiger partial charge in [0.25, 0.3) is 0 Å². The Balaban J connectivity index is 1.94. The Morgan fingerprint density at radius 1 is 1.21 bits per heavy atom. The lowest BCUT2D eigenvalue weighted by molar-refractivity contribution is 0.0712. The van der Waals surface area contributed by atoms with Crippen LogP contribution in [0.4, 0.5) is 0 Å². The maximum atomic E-state index is 13.6. The van der Waals surface area contributed by atoms with Gasteiger partial charge >= 0.3 is 0 Å². The number of hydrogen-bond acceptors (Lipinski definition) is 6. The molecule has 0 spiro atoms. The van der Waals surface area contributed by atoms with Gasteiger partial charge in [-0.15, -0.1) is 0 Å². The predicted molar refractivity (Wildman–Crippen MR) is 135 cm³/mol. The Labute approximate surface area is 206 Å². The largest absolute Gasteiger partial charge is 0.487 e. The second-order valence-corrected chi connectivity index (χ2v) is 12.2. The van der Waals surface area contributed by atoms with E-state index >= 15 is 0 Å². The summed E-state index contributed by atoms with van der Waals surface area (Å²) in [6.07, 6.45) is 5.00. The number of ether oxygens (including phenoxy) is 1. The first-order chi connectivity index (χ1) is 16.1. The average molecular weight is 492 g/mol. The van der Waals surface area contributed by atoms with Gasteiger partial charge in [-0.3, -0.25) is 4.90 Å². The number of nitrogens with zero attached hydrogens (tertiary/aromatic N) is 3. The summed E-state index contributed by atoms with van der Waals surface area (Å²) >= 11 is 0. The van der Waals surface area contributed by atoms with E-state index in [1.807, 2.05) is 25.9 Å². The topological polar surface area (TPSA) is 73.3 Å². The van der Waals surface area contributed by atoms with Crippen molar-refractivity contribution in [1.82, 2.24) is 14.1 Å². The van der Waals surface area contributed by atoms with Gasteiger partial charge in [0.05, 0.1) is 13.2 Å². The van der Waals surface area contributed by atoms with Gasteiger partial charge in [0.1, 0.15) is 16.7 Å². The van der Waals surface area contributed by atoms with Crippen LogP contribution in [0.15, 0.2) is 23.1 Å². The molecule has 1 aromatic carbocycles. The van der Waals surface area contributed by atoms with Crippen molar-refractivity contribution in [2.24, 2.45) is 11.8 Å². The number of aliphatic hydroxyl groups excluding tert-OH is 1. The van der Waals surface area contributed by atoms with Crippen LogP contribution in [-0.2, 0) is 10.0 Å². The molecule has 0 aromatic heterocycles. The third-order valence-corrected chi connectivity index (χ3v) is 8.85. The van der Waals surface area contributed by atoms with Gasteiger partial charge in [0.2, 0.25) is 10.0 Å². The highest BCUT2D eigenvalue weighted by Crippen LogP contribution is 2.34. The molecule has 190 valence electrons. The summed E-state index contributed by atoms with van der Waals surface area (Å²) in [6.45, 7) is 6.21. The average Bonchev–Trinajstić information content (AvgIpc) is 3.28. The molecular formula is C26H41N3O4S. The molecule has 3 atom stereocenters. The van der Waals surface area contributed by atoms with Crippen LogP contribution in [0, 0.1) is 23.7 Å². The number of fused-ring (bicyclic) bond motifs is 1. The van der Waals surface area contributed by atoms with Gasteiger partial charge in [-0.1, -0.05) is 31.6 Å². The summed E-state index contributed by atoms with van der Waals surface area (Å²) in [5, 5.41) is 9.80. The minimum absolute atomic E-state index is 0.0496. The van der Waals surface area contributed by atoms with E-state index in [0.29, 0.717) is 18.8 Å². The molecule has 0 saturated heterocycles. The first-order valence-corrected chi connectivity index (χ1v) is 13.8. The summed E-state index contributed by atoms with van der Waals surface area (Å²) in [6, 6.07) is 4.56. The first kappa shape index (κ1) is 27.0. The number of aliphatic hydroxyl groups is 1. The fourth-order valence-electron chi connectivity index (χ4n) is 4.84. The molecule has 1 aromatic rings. The Kier molecular flexibility index (Phi) is 9.41. The molecule has 1 N–H and O–H groups in total. The minimum atomic E-state index is -3.83. The second-order valence-electron chi connectivity index (χ2n) is 10.3. The van der Waals surface area contributed by atoms with Crippen molar-refractivity contribution >= 4 is 10.0 Å². The zero-order chi connectivity index (χ0) is 24.9. The first-order valence-electron chi connectivity index (χ1n) is 12.4. The maximum absolute atomic E-state index is 13.6. The molecule has 0 bridgehead atoms. The van der Waals surface area contributed by atoms with Gasteiger partial charge in [0.15, 0.2) is 0 Å². The monoisotopic (exact) mass is 491 g/mol. The zero-order valence-electron chi connectivity index (χ0n) is 21.3. The zero-order valence-corrected chi connectivity index (χ0v) is 22.1. The quantitative estimate of drug-likeness (QED) is 0.591. The van der Waals surface area contributed by atoms with Crippen molar-refractivity contribution < 1.29 is 18.3 Å². The van der Waals surface area contributed by atoms with Crippen molar-refractivity contribution in [3.63, 3.8) is 0 Å². The number of hydrogen-bond donors (Lipinski definition) is 1. The fraction of sp³-hybridized carbons (Fsp3) is 0.692. The third-order valence-electron chi connectivity index (χ3n) is 6.83. The van der Waals surface area contributed by atoms with Crippen molar-refractivity contribution in [1.29, 1.82) is 0 Å². The molecule has 2 aliphatic rings. The van der Waals surface area contributed by atoms with Crippen LogP contribution in [-0.4, -0.2) is 93.7 Å². The van der Waals surface area contributed by atoms with Crippen molar-refractivity contribution in [3.8, 4) is 17.6 Å². The molecule has 7 nitrogen and oxygen atoms in total. The lowest BCUT2D eigenvalue weighted by atomic mass is 10.0.